The van der Waals surface area contributed by atoms with Gasteiger partial charge in [-0.15, -0.1) is 0 Å². The average molecular weight is 301 g/mol. The summed E-state index contributed by atoms with van der Waals surface area (Å²) in [5, 5.41) is 3.42. The second-order valence-corrected chi connectivity index (χ2v) is 6.43. The molecule has 3 rings (SSSR count). The minimum atomic E-state index is 0.416. The second kappa shape index (κ2) is 7.52. The molecule has 22 heavy (non-hydrogen) atoms. The van der Waals surface area contributed by atoms with Gasteiger partial charge in [0, 0.05) is 18.5 Å². The smallest absolute Gasteiger partial charge is 0.188 e. The maximum absolute atomic E-state index is 6.10. The summed E-state index contributed by atoms with van der Waals surface area (Å²) in [4.78, 5) is 4.60. The van der Waals surface area contributed by atoms with Gasteiger partial charge < -0.3 is 15.8 Å². The number of guanidine groups is 1. The molecule has 0 spiro atoms. The van der Waals surface area contributed by atoms with E-state index < -0.39 is 0 Å². The third-order valence-corrected chi connectivity index (χ3v) is 4.77. The summed E-state index contributed by atoms with van der Waals surface area (Å²) >= 11 is 0. The molecule has 0 saturated heterocycles. The van der Waals surface area contributed by atoms with E-state index in [4.69, 9.17) is 10.5 Å². The Kier molecular flexibility index (Phi) is 5.20. The number of hydrogen-bond donors (Lipinski definition) is 2. The van der Waals surface area contributed by atoms with Crippen molar-refractivity contribution < 1.29 is 4.74 Å². The number of benzene rings is 1. The number of nitrogens with zero attached hydrogens (tertiary/aromatic N) is 1. The largest absolute Gasteiger partial charge is 0.493 e. The molecule has 0 radical (unpaired) electrons. The highest BCUT2D eigenvalue weighted by molar-refractivity contribution is 5.78. The van der Waals surface area contributed by atoms with Crippen LogP contribution in [0.3, 0.4) is 0 Å². The van der Waals surface area contributed by atoms with Gasteiger partial charge in [-0.25, -0.2) is 0 Å². The van der Waals surface area contributed by atoms with Gasteiger partial charge in [0.25, 0.3) is 0 Å². The molecule has 4 heteroatoms. The molecule has 1 unspecified atom stereocenters. The molecule has 4 nitrogen and oxygen atoms in total. The van der Waals surface area contributed by atoms with Crippen molar-refractivity contribution in [3.05, 3.63) is 29.8 Å². The first-order valence-corrected chi connectivity index (χ1v) is 8.61. The Labute approximate surface area is 133 Å². The number of rotatable bonds is 3. The summed E-state index contributed by atoms with van der Waals surface area (Å²) in [7, 11) is 0. The molecular formula is C18H27N3O. The maximum atomic E-state index is 6.10. The Hall–Kier alpha value is -1.71. The molecule has 1 aliphatic heterocycles. The summed E-state index contributed by atoms with van der Waals surface area (Å²) in [5.41, 5.74) is 7.36. The van der Waals surface area contributed by atoms with Crippen molar-refractivity contribution in [1.82, 2.24) is 5.32 Å². The van der Waals surface area contributed by atoms with Crippen LogP contribution in [-0.4, -0.2) is 25.2 Å². The van der Waals surface area contributed by atoms with Crippen LogP contribution >= 0.6 is 0 Å². The zero-order valence-corrected chi connectivity index (χ0v) is 13.3. The van der Waals surface area contributed by atoms with Crippen molar-refractivity contribution in [2.24, 2.45) is 10.7 Å². The van der Waals surface area contributed by atoms with E-state index >= 15 is 0 Å². The summed E-state index contributed by atoms with van der Waals surface area (Å²) in [5.74, 6) is 2.03. The van der Waals surface area contributed by atoms with Gasteiger partial charge in [0.05, 0.1) is 6.61 Å². The summed E-state index contributed by atoms with van der Waals surface area (Å²) in [6, 6.07) is 8.78. The van der Waals surface area contributed by atoms with Crippen molar-refractivity contribution in [3.8, 4) is 5.75 Å². The fraction of sp³-hybridized carbons (Fsp3) is 0.611. The molecule has 0 aromatic heterocycles. The number of fused-ring (bicyclic) bond motifs is 1. The van der Waals surface area contributed by atoms with Gasteiger partial charge in [-0.2, -0.15) is 0 Å². The van der Waals surface area contributed by atoms with Gasteiger partial charge in [-0.05, 0) is 30.9 Å². The van der Waals surface area contributed by atoms with Gasteiger partial charge >= 0.3 is 0 Å². The molecule has 3 N–H and O–H groups in total. The summed E-state index contributed by atoms with van der Waals surface area (Å²) in [6.45, 7) is 1.51. The molecule has 120 valence electrons. The van der Waals surface area contributed by atoms with Gasteiger partial charge in [0.2, 0.25) is 0 Å². The minimum Gasteiger partial charge on any atom is -0.493 e. The van der Waals surface area contributed by atoms with Crippen LogP contribution in [0.5, 0.6) is 5.75 Å². The number of nitrogens with two attached hydrogens (primary N) is 1. The Morgan fingerprint density at radius 3 is 2.73 bits per heavy atom. The van der Waals surface area contributed by atoms with E-state index in [9.17, 15) is 0 Å². The van der Waals surface area contributed by atoms with Crippen molar-refractivity contribution >= 4 is 5.96 Å². The van der Waals surface area contributed by atoms with Gasteiger partial charge in [-0.1, -0.05) is 43.9 Å². The Morgan fingerprint density at radius 2 is 1.91 bits per heavy atom. The monoisotopic (exact) mass is 301 g/mol. The van der Waals surface area contributed by atoms with Crippen molar-refractivity contribution in [2.75, 3.05) is 13.2 Å². The number of nitrogens with one attached hydrogen (secondary N) is 1. The van der Waals surface area contributed by atoms with E-state index in [0.717, 1.165) is 25.3 Å². The molecule has 1 atom stereocenters. The van der Waals surface area contributed by atoms with E-state index in [-0.39, 0.29) is 0 Å². The number of hydrogen-bond acceptors (Lipinski definition) is 2. The predicted molar refractivity (Wildman–Crippen MR) is 90.4 cm³/mol. The minimum absolute atomic E-state index is 0.416. The predicted octanol–water partition coefficient (Wildman–Crippen LogP) is 3.18. The lowest BCUT2D eigenvalue weighted by Crippen LogP contribution is -2.40. The van der Waals surface area contributed by atoms with E-state index in [2.05, 4.69) is 22.4 Å². The lowest BCUT2D eigenvalue weighted by atomic mass is 9.93. The highest BCUT2D eigenvalue weighted by atomic mass is 16.5. The van der Waals surface area contributed by atoms with Crippen LogP contribution in [0.15, 0.2) is 29.3 Å². The quantitative estimate of drug-likeness (QED) is 0.512. The van der Waals surface area contributed by atoms with Gasteiger partial charge in [-0.3, -0.25) is 4.99 Å². The lowest BCUT2D eigenvalue weighted by Gasteiger charge is -2.25. The zero-order valence-electron chi connectivity index (χ0n) is 13.3. The zero-order chi connectivity index (χ0) is 15.2. The highest BCUT2D eigenvalue weighted by Gasteiger charge is 2.20. The Balaban J connectivity index is 1.57. The third kappa shape index (κ3) is 3.93. The number of aliphatic imine (C=N–C) groups is 1. The first-order chi connectivity index (χ1) is 10.8. The van der Waals surface area contributed by atoms with Crippen LogP contribution in [0.2, 0.25) is 0 Å². The van der Waals surface area contributed by atoms with E-state index in [1.807, 2.05) is 12.1 Å². The van der Waals surface area contributed by atoms with E-state index in [0.29, 0.717) is 17.9 Å². The molecule has 0 amide bonds. The Morgan fingerprint density at radius 1 is 1.14 bits per heavy atom. The highest BCUT2D eigenvalue weighted by Crippen LogP contribution is 2.33. The third-order valence-electron chi connectivity index (χ3n) is 4.77. The van der Waals surface area contributed by atoms with Crippen LogP contribution < -0.4 is 15.8 Å². The normalized spacial score (nSPS) is 23.3. The van der Waals surface area contributed by atoms with Crippen LogP contribution in [0, 0.1) is 0 Å². The fourth-order valence-electron chi connectivity index (χ4n) is 3.49. The number of para-hydroxylation sites is 1. The lowest BCUT2D eigenvalue weighted by molar-refractivity contribution is 0.269. The van der Waals surface area contributed by atoms with Gasteiger partial charge in [0.15, 0.2) is 5.96 Å². The first-order valence-electron chi connectivity index (χ1n) is 8.61. The molecule has 1 heterocycles. The standard InChI is InChI=1S/C18H27N3O/c19-18(21-15-7-3-1-2-4-8-15)20-13-14-11-12-22-17-10-6-5-9-16(14)17/h5-6,9-10,14-15H,1-4,7-8,11-13H2,(H3,19,20,21). The first kappa shape index (κ1) is 15.2. The van der Waals surface area contributed by atoms with Crippen LogP contribution in [0.25, 0.3) is 0 Å². The van der Waals surface area contributed by atoms with Crippen molar-refractivity contribution in [1.29, 1.82) is 0 Å². The fourth-order valence-corrected chi connectivity index (χ4v) is 3.49. The molecule has 2 aliphatic rings. The molecule has 1 fully saturated rings. The maximum Gasteiger partial charge on any atom is 0.188 e. The second-order valence-electron chi connectivity index (χ2n) is 6.43. The van der Waals surface area contributed by atoms with Crippen LogP contribution in [0.1, 0.15) is 56.4 Å². The summed E-state index contributed by atoms with van der Waals surface area (Å²) in [6.07, 6.45) is 8.77. The van der Waals surface area contributed by atoms with Crippen molar-refractivity contribution in [2.45, 2.75) is 56.9 Å². The molecule has 0 bridgehead atoms. The molecule has 1 aliphatic carbocycles. The SMILES string of the molecule is NC(=NCC1CCOc2ccccc21)NC1CCCCCC1. The van der Waals surface area contributed by atoms with Gasteiger partial charge in [0.1, 0.15) is 5.75 Å². The summed E-state index contributed by atoms with van der Waals surface area (Å²) < 4.78 is 5.70. The molecule has 1 saturated carbocycles. The molecule has 1 aromatic rings. The number of ether oxygens (including phenoxy) is 1. The van der Waals surface area contributed by atoms with Crippen molar-refractivity contribution in [3.63, 3.8) is 0 Å². The topological polar surface area (TPSA) is 59.6 Å². The van der Waals surface area contributed by atoms with E-state index in [1.54, 1.807) is 0 Å². The van der Waals surface area contributed by atoms with Crippen LogP contribution in [0.4, 0.5) is 0 Å². The Bertz CT molecular complexity index is 507. The molecule has 1 aromatic carbocycles. The average Bonchev–Trinajstić information content (AvgIpc) is 2.81. The van der Waals surface area contributed by atoms with E-state index in [1.165, 1.54) is 44.1 Å². The van der Waals surface area contributed by atoms with Crippen LogP contribution in [-0.2, 0) is 0 Å². The molecular weight excluding hydrogens is 274 g/mol.